The van der Waals surface area contributed by atoms with Gasteiger partial charge in [-0.15, -0.1) is 0 Å². The van der Waals surface area contributed by atoms with Gasteiger partial charge in [0.2, 0.25) is 0 Å². The van der Waals surface area contributed by atoms with Crippen LogP contribution in [0.1, 0.15) is 30.1 Å². The van der Waals surface area contributed by atoms with Crippen molar-refractivity contribution >= 4 is 11.6 Å². The molecule has 4 nitrogen and oxygen atoms in total. The topological polar surface area (TPSA) is 49.6 Å². The highest BCUT2D eigenvalue weighted by atomic mass is 16.2. The Morgan fingerprint density at radius 3 is 2.89 bits per heavy atom. The van der Waals surface area contributed by atoms with Crippen LogP contribution in [-0.2, 0) is 0 Å². The maximum Gasteiger partial charge on any atom is 0.254 e. The van der Waals surface area contributed by atoms with E-state index in [-0.39, 0.29) is 5.91 Å². The molecule has 2 N–H and O–H groups in total. The van der Waals surface area contributed by atoms with Gasteiger partial charge in [-0.05, 0) is 44.6 Å². The summed E-state index contributed by atoms with van der Waals surface area (Å²) in [7, 11) is 2.12. The minimum absolute atomic E-state index is 0.106. The predicted molar refractivity (Wildman–Crippen MR) is 78.1 cm³/mol. The van der Waals surface area contributed by atoms with Gasteiger partial charge in [-0.25, -0.2) is 0 Å². The Morgan fingerprint density at radius 2 is 2.21 bits per heavy atom. The molecule has 0 aromatic heterocycles. The normalized spacial score (nSPS) is 21.2. The van der Waals surface area contributed by atoms with E-state index in [1.54, 1.807) is 6.07 Å². The summed E-state index contributed by atoms with van der Waals surface area (Å²) in [5.41, 5.74) is 7.11. The molecule has 0 saturated carbocycles. The first-order valence-corrected chi connectivity index (χ1v) is 6.97. The SMILES string of the molecule is CCC1CN(C)CCCN1C(=O)c1cccc(N)c1. The van der Waals surface area contributed by atoms with Crippen molar-refractivity contribution in [2.45, 2.75) is 25.8 Å². The molecule has 4 heteroatoms. The average Bonchev–Trinajstić information content (AvgIpc) is 2.59. The molecule has 2 rings (SSSR count). The summed E-state index contributed by atoms with van der Waals surface area (Å²) in [6, 6.07) is 7.56. The molecule has 1 atom stereocenters. The van der Waals surface area contributed by atoms with Crippen molar-refractivity contribution in [3.63, 3.8) is 0 Å². The van der Waals surface area contributed by atoms with Crippen LogP contribution < -0.4 is 5.73 Å². The number of likely N-dealkylation sites (N-methyl/N-ethyl adjacent to an activating group) is 1. The molecule has 1 fully saturated rings. The van der Waals surface area contributed by atoms with Gasteiger partial charge in [-0.2, -0.15) is 0 Å². The van der Waals surface area contributed by atoms with Gasteiger partial charge < -0.3 is 15.5 Å². The molecule has 1 aliphatic heterocycles. The Labute approximate surface area is 115 Å². The Morgan fingerprint density at radius 1 is 1.42 bits per heavy atom. The molecule has 1 aromatic carbocycles. The number of hydrogen-bond donors (Lipinski definition) is 1. The number of nitrogens with zero attached hydrogens (tertiary/aromatic N) is 2. The molecule has 1 aromatic rings. The maximum atomic E-state index is 12.6. The number of anilines is 1. The van der Waals surface area contributed by atoms with Crippen LogP contribution in [0, 0.1) is 0 Å². The highest BCUT2D eigenvalue weighted by Crippen LogP contribution is 2.17. The van der Waals surface area contributed by atoms with Crippen molar-refractivity contribution in [3.05, 3.63) is 29.8 Å². The van der Waals surface area contributed by atoms with Gasteiger partial charge in [0.05, 0.1) is 0 Å². The fourth-order valence-electron chi connectivity index (χ4n) is 2.70. The zero-order chi connectivity index (χ0) is 13.8. The molecule has 1 heterocycles. The van der Waals surface area contributed by atoms with Crippen molar-refractivity contribution in [1.29, 1.82) is 0 Å². The number of hydrogen-bond acceptors (Lipinski definition) is 3. The van der Waals surface area contributed by atoms with Gasteiger partial charge >= 0.3 is 0 Å². The lowest BCUT2D eigenvalue weighted by molar-refractivity contribution is 0.0676. The highest BCUT2D eigenvalue weighted by Gasteiger charge is 2.26. The Hall–Kier alpha value is -1.55. The Kier molecular flexibility index (Phi) is 4.43. The van der Waals surface area contributed by atoms with Crippen molar-refractivity contribution in [2.75, 3.05) is 32.4 Å². The van der Waals surface area contributed by atoms with Crippen LogP contribution in [0.4, 0.5) is 5.69 Å². The maximum absolute atomic E-state index is 12.6. The van der Waals surface area contributed by atoms with Gasteiger partial charge in [0, 0.05) is 30.4 Å². The monoisotopic (exact) mass is 261 g/mol. The van der Waals surface area contributed by atoms with Crippen LogP contribution in [0.3, 0.4) is 0 Å². The third-order valence-corrected chi connectivity index (χ3v) is 3.77. The van der Waals surface area contributed by atoms with Crippen LogP contribution in [0.15, 0.2) is 24.3 Å². The standard InChI is InChI=1S/C15H23N3O/c1-3-14-11-17(2)8-5-9-18(14)15(19)12-6-4-7-13(16)10-12/h4,6-7,10,14H,3,5,8-9,11,16H2,1-2H3. The summed E-state index contributed by atoms with van der Waals surface area (Å²) in [5, 5.41) is 0. The van der Waals surface area contributed by atoms with Gasteiger partial charge in [-0.1, -0.05) is 13.0 Å². The largest absolute Gasteiger partial charge is 0.399 e. The minimum atomic E-state index is 0.106. The minimum Gasteiger partial charge on any atom is -0.399 e. The molecule has 0 radical (unpaired) electrons. The van der Waals surface area contributed by atoms with Crippen molar-refractivity contribution in [3.8, 4) is 0 Å². The van der Waals surface area contributed by atoms with E-state index in [9.17, 15) is 4.79 Å². The van der Waals surface area contributed by atoms with E-state index >= 15 is 0 Å². The molecule has 1 unspecified atom stereocenters. The fraction of sp³-hybridized carbons (Fsp3) is 0.533. The lowest BCUT2D eigenvalue weighted by atomic mass is 10.1. The zero-order valence-electron chi connectivity index (χ0n) is 11.8. The molecule has 1 aliphatic rings. The van der Waals surface area contributed by atoms with E-state index in [4.69, 9.17) is 5.73 Å². The number of amides is 1. The summed E-state index contributed by atoms with van der Waals surface area (Å²) >= 11 is 0. The Balaban J connectivity index is 2.20. The van der Waals surface area contributed by atoms with Crippen LogP contribution in [0.25, 0.3) is 0 Å². The molecule has 0 aliphatic carbocycles. The van der Waals surface area contributed by atoms with E-state index in [1.807, 2.05) is 23.1 Å². The molecule has 0 spiro atoms. The smallest absolute Gasteiger partial charge is 0.254 e. The quantitative estimate of drug-likeness (QED) is 0.826. The second kappa shape index (κ2) is 6.06. The highest BCUT2D eigenvalue weighted by molar-refractivity contribution is 5.95. The van der Waals surface area contributed by atoms with E-state index in [1.165, 1.54) is 0 Å². The number of carbonyl (C=O) groups excluding carboxylic acids is 1. The number of nitrogen functional groups attached to an aromatic ring is 1. The van der Waals surface area contributed by atoms with Crippen LogP contribution in [-0.4, -0.2) is 48.4 Å². The summed E-state index contributed by atoms with van der Waals surface area (Å²) in [6.07, 6.45) is 2.01. The van der Waals surface area contributed by atoms with E-state index in [0.29, 0.717) is 17.3 Å². The molecule has 104 valence electrons. The zero-order valence-corrected chi connectivity index (χ0v) is 11.8. The third-order valence-electron chi connectivity index (χ3n) is 3.77. The first kappa shape index (κ1) is 13.9. The van der Waals surface area contributed by atoms with Crippen LogP contribution >= 0.6 is 0 Å². The van der Waals surface area contributed by atoms with Crippen molar-refractivity contribution < 1.29 is 4.79 Å². The van der Waals surface area contributed by atoms with E-state index in [0.717, 1.165) is 32.5 Å². The number of benzene rings is 1. The van der Waals surface area contributed by atoms with Crippen LogP contribution in [0.2, 0.25) is 0 Å². The van der Waals surface area contributed by atoms with E-state index < -0.39 is 0 Å². The molecule has 0 bridgehead atoms. The summed E-state index contributed by atoms with van der Waals surface area (Å²) < 4.78 is 0. The van der Waals surface area contributed by atoms with Crippen molar-refractivity contribution in [1.82, 2.24) is 9.80 Å². The predicted octanol–water partition coefficient (Wildman–Crippen LogP) is 1.83. The summed E-state index contributed by atoms with van der Waals surface area (Å²) in [4.78, 5) is 17.0. The van der Waals surface area contributed by atoms with E-state index in [2.05, 4.69) is 18.9 Å². The molecular weight excluding hydrogens is 238 g/mol. The van der Waals surface area contributed by atoms with Gasteiger partial charge in [-0.3, -0.25) is 4.79 Å². The van der Waals surface area contributed by atoms with Crippen molar-refractivity contribution in [2.24, 2.45) is 0 Å². The molecular formula is C15H23N3O. The first-order valence-electron chi connectivity index (χ1n) is 6.97. The lowest BCUT2D eigenvalue weighted by Crippen LogP contribution is -2.43. The third kappa shape index (κ3) is 3.26. The van der Waals surface area contributed by atoms with Gasteiger partial charge in [0.15, 0.2) is 0 Å². The number of rotatable bonds is 2. The first-order chi connectivity index (χ1) is 9.11. The second-order valence-corrected chi connectivity index (χ2v) is 5.30. The molecule has 1 amide bonds. The number of carbonyl (C=O) groups is 1. The van der Waals surface area contributed by atoms with Crippen LogP contribution in [0.5, 0.6) is 0 Å². The molecule has 1 saturated heterocycles. The second-order valence-electron chi connectivity index (χ2n) is 5.30. The fourth-order valence-corrected chi connectivity index (χ4v) is 2.70. The van der Waals surface area contributed by atoms with Gasteiger partial charge in [0.1, 0.15) is 0 Å². The lowest BCUT2D eigenvalue weighted by Gasteiger charge is -2.30. The number of nitrogens with two attached hydrogens (primary N) is 1. The summed E-state index contributed by atoms with van der Waals surface area (Å²) in [5.74, 6) is 0.106. The van der Waals surface area contributed by atoms with Gasteiger partial charge in [0.25, 0.3) is 5.91 Å². The average molecular weight is 261 g/mol. The summed E-state index contributed by atoms with van der Waals surface area (Å²) in [6.45, 7) is 4.97. The Bertz CT molecular complexity index is 447. The molecule has 19 heavy (non-hydrogen) atoms.